The van der Waals surface area contributed by atoms with Crippen molar-refractivity contribution in [3.05, 3.63) is 32.8 Å². The van der Waals surface area contributed by atoms with Gasteiger partial charge >= 0.3 is 5.69 Å². The summed E-state index contributed by atoms with van der Waals surface area (Å²) < 4.78 is 11.4. The lowest BCUT2D eigenvalue weighted by Crippen LogP contribution is -2.14. The van der Waals surface area contributed by atoms with E-state index < -0.39 is 4.92 Å². The molecule has 0 radical (unpaired) electrons. The second-order valence-electron chi connectivity index (χ2n) is 3.43. The van der Waals surface area contributed by atoms with Gasteiger partial charge < -0.3 is 9.47 Å². The van der Waals surface area contributed by atoms with Crippen LogP contribution >= 0.6 is 15.9 Å². The molecule has 16 heavy (non-hydrogen) atoms. The summed E-state index contributed by atoms with van der Waals surface area (Å²) in [7, 11) is 0. The fourth-order valence-corrected chi connectivity index (χ4v) is 1.86. The number of nitro groups is 1. The Morgan fingerprint density at radius 1 is 1.56 bits per heavy atom. The Morgan fingerprint density at radius 2 is 2.38 bits per heavy atom. The third-order valence-corrected chi connectivity index (χ3v) is 2.76. The summed E-state index contributed by atoms with van der Waals surface area (Å²) in [6.07, 6.45) is 1.34. The topological polar surface area (TPSA) is 61.6 Å². The largest absolute Gasteiger partial charge is 0.458 e. The van der Waals surface area contributed by atoms with Gasteiger partial charge in [-0.05, 0) is 18.6 Å². The first kappa shape index (κ1) is 11.3. The summed E-state index contributed by atoms with van der Waals surface area (Å²) >= 11 is 3.19. The van der Waals surface area contributed by atoms with Crippen molar-refractivity contribution in [1.82, 2.24) is 0 Å². The van der Waals surface area contributed by atoms with Gasteiger partial charge in [-0.2, -0.15) is 0 Å². The lowest BCUT2D eigenvalue weighted by atomic mass is 10.3. The van der Waals surface area contributed by atoms with Gasteiger partial charge in [0.2, 0.25) is 0 Å². The lowest BCUT2D eigenvalue weighted by Gasteiger charge is -2.12. The van der Waals surface area contributed by atoms with Gasteiger partial charge in [-0.3, -0.25) is 10.1 Å². The SMILES string of the molecule is O=[N+]([O-])c1cc(Br)ccc1OC1CCCO1. The first-order valence-electron chi connectivity index (χ1n) is 4.89. The first-order valence-corrected chi connectivity index (χ1v) is 5.68. The fraction of sp³-hybridized carbons (Fsp3) is 0.400. The normalized spacial score (nSPS) is 19.7. The van der Waals surface area contributed by atoms with Crippen LogP contribution < -0.4 is 4.74 Å². The van der Waals surface area contributed by atoms with E-state index in [0.717, 1.165) is 12.8 Å². The molecule has 1 unspecified atom stereocenters. The summed E-state index contributed by atoms with van der Waals surface area (Å²) in [6, 6.07) is 4.70. The number of halogens is 1. The summed E-state index contributed by atoms with van der Waals surface area (Å²) in [5, 5.41) is 10.8. The van der Waals surface area contributed by atoms with Crippen molar-refractivity contribution in [1.29, 1.82) is 0 Å². The Hall–Kier alpha value is -1.14. The van der Waals surface area contributed by atoms with Crippen molar-refractivity contribution in [2.24, 2.45) is 0 Å². The molecule has 0 aliphatic carbocycles. The van der Waals surface area contributed by atoms with Crippen molar-refractivity contribution in [2.75, 3.05) is 6.61 Å². The maximum absolute atomic E-state index is 10.8. The molecule has 0 aromatic heterocycles. The number of nitrogens with zero attached hydrogens (tertiary/aromatic N) is 1. The van der Waals surface area contributed by atoms with Crippen LogP contribution in [0.5, 0.6) is 5.75 Å². The maximum Gasteiger partial charge on any atom is 0.312 e. The Bertz CT molecular complexity index is 404. The summed E-state index contributed by atoms with van der Waals surface area (Å²) in [6.45, 7) is 0.648. The molecule has 1 fully saturated rings. The molecule has 0 N–H and O–H groups in total. The van der Waals surface area contributed by atoms with Crippen molar-refractivity contribution < 1.29 is 14.4 Å². The molecule has 6 heteroatoms. The van der Waals surface area contributed by atoms with Crippen LogP contribution in [0.2, 0.25) is 0 Å². The van der Waals surface area contributed by atoms with Gasteiger partial charge in [0.1, 0.15) is 0 Å². The van der Waals surface area contributed by atoms with E-state index in [4.69, 9.17) is 9.47 Å². The molecule has 1 atom stereocenters. The van der Waals surface area contributed by atoms with Crippen molar-refractivity contribution >= 4 is 21.6 Å². The first-order chi connectivity index (χ1) is 7.66. The highest BCUT2D eigenvalue weighted by molar-refractivity contribution is 9.10. The molecule has 1 saturated heterocycles. The van der Waals surface area contributed by atoms with E-state index in [1.165, 1.54) is 6.07 Å². The molecule has 2 rings (SSSR count). The van der Waals surface area contributed by atoms with Gasteiger partial charge in [0.05, 0.1) is 11.5 Å². The minimum atomic E-state index is -0.463. The Kier molecular flexibility index (Phi) is 3.40. The van der Waals surface area contributed by atoms with Crippen LogP contribution in [0, 0.1) is 10.1 Å². The van der Waals surface area contributed by atoms with E-state index in [-0.39, 0.29) is 17.7 Å². The standard InChI is InChI=1S/C10H10BrNO4/c11-7-3-4-9(8(6-7)12(13)14)16-10-2-1-5-15-10/h3-4,6,10H,1-2,5H2. The van der Waals surface area contributed by atoms with E-state index in [1.807, 2.05) is 0 Å². The van der Waals surface area contributed by atoms with Gasteiger partial charge in [-0.25, -0.2) is 0 Å². The molecule has 1 aliphatic heterocycles. The zero-order valence-corrected chi connectivity index (χ0v) is 9.97. The maximum atomic E-state index is 10.8. The number of ether oxygens (including phenoxy) is 2. The van der Waals surface area contributed by atoms with Gasteiger partial charge in [0.25, 0.3) is 0 Å². The minimum Gasteiger partial charge on any atom is -0.458 e. The summed E-state index contributed by atoms with van der Waals surface area (Å²) in [4.78, 5) is 10.3. The Morgan fingerprint density at radius 3 is 3.00 bits per heavy atom. The van der Waals surface area contributed by atoms with E-state index >= 15 is 0 Å². The van der Waals surface area contributed by atoms with Crippen molar-refractivity contribution in [3.8, 4) is 5.75 Å². The highest BCUT2D eigenvalue weighted by Crippen LogP contribution is 2.32. The third-order valence-electron chi connectivity index (χ3n) is 2.26. The average Bonchev–Trinajstić information content (AvgIpc) is 2.73. The molecular weight excluding hydrogens is 278 g/mol. The van der Waals surface area contributed by atoms with Crippen LogP contribution in [-0.4, -0.2) is 17.8 Å². The van der Waals surface area contributed by atoms with Crippen molar-refractivity contribution in [3.63, 3.8) is 0 Å². The lowest BCUT2D eigenvalue weighted by molar-refractivity contribution is -0.386. The Labute approximate surface area is 101 Å². The van der Waals surface area contributed by atoms with Crippen LogP contribution in [0.4, 0.5) is 5.69 Å². The number of nitro benzene ring substituents is 1. The molecule has 0 spiro atoms. The highest BCUT2D eigenvalue weighted by Gasteiger charge is 2.22. The van der Waals surface area contributed by atoms with Crippen molar-refractivity contribution in [2.45, 2.75) is 19.1 Å². The average molecular weight is 288 g/mol. The van der Waals surface area contributed by atoms with E-state index in [2.05, 4.69) is 15.9 Å². The summed E-state index contributed by atoms with van der Waals surface area (Å²) in [5.74, 6) is 0.250. The number of benzene rings is 1. The predicted octanol–water partition coefficient (Wildman–Crippen LogP) is 2.87. The van der Waals surface area contributed by atoms with Crippen LogP contribution in [0.3, 0.4) is 0 Å². The molecule has 5 nitrogen and oxygen atoms in total. The molecule has 0 saturated carbocycles. The number of hydrogen-bond acceptors (Lipinski definition) is 4. The van der Waals surface area contributed by atoms with Gasteiger partial charge in [0, 0.05) is 17.0 Å². The van der Waals surface area contributed by atoms with Crippen LogP contribution in [0.1, 0.15) is 12.8 Å². The number of hydrogen-bond donors (Lipinski definition) is 0. The number of rotatable bonds is 3. The smallest absolute Gasteiger partial charge is 0.312 e. The molecule has 86 valence electrons. The second kappa shape index (κ2) is 4.80. The third kappa shape index (κ3) is 2.51. The molecular formula is C10H10BrNO4. The molecule has 0 amide bonds. The monoisotopic (exact) mass is 287 g/mol. The zero-order chi connectivity index (χ0) is 11.5. The van der Waals surface area contributed by atoms with Crippen LogP contribution in [0.25, 0.3) is 0 Å². The van der Waals surface area contributed by atoms with E-state index in [0.29, 0.717) is 11.1 Å². The van der Waals surface area contributed by atoms with Gasteiger partial charge in [-0.15, -0.1) is 0 Å². The predicted molar refractivity (Wildman–Crippen MR) is 60.4 cm³/mol. The molecule has 1 aromatic rings. The minimum absolute atomic E-state index is 0.0510. The molecule has 1 aliphatic rings. The van der Waals surface area contributed by atoms with E-state index in [1.54, 1.807) is 12.1 Å². The quantitative estimate of drug-likeness (QED) is 0.633. The van der Waals surface area contributed by atoms with E-state index in [9.17, 15) is 10.1 Å². The van der Waals surface area contributed by atoms with Gasteiger partial charge in [0.15, 0.2) is 12.0 Å². The van der Waals surface area contributed by atoms with Crippen LogP contribution in [0.15, 0.2) is 22.7 Å². The highest BCUT2D eigenvalue weighted by atomic mass is 79.9. The summed E-state index contributed by atoms with van der Waals surface area (Å²) in [5.41, 5.74) is -0.0510. The van der Waals surface area contributed by atoms with Gasteiger partial charge in [-0.1, -0.05) is 15.9 Å². The fourth-order valence-electron chi connectivity index (χ4n) is 1.52. The molecule has 0 bridgehead atoms. The van der Waals surface area contributed by atoms with Crippen LogP contribution in [-0.2, 0) is 4.74 Å². The Balaban J connectivity index is 2.21. The second-order valence-corrected chi connectivity index (χ2v) is 4.35. The zero-order valence-electron chi connectivity index (χ0n) is 8.39. The molecule has 1 heterocycles. The molecule has 1 aromatic carbocycles.